The van der Waals surface area contributed by atoms with Crippen LogP contribution in [0.25, 0.3) is 10.9 Å². The Morgan fingerprint density at radius 1 is 1.12 bits per heavy atom. The quantitative estimate of drug-likeness (QED) is 0.693. The number of piperidine rings is 1. The number of aliphatic hydroxyl groups excluding tert-OH is 1. The molecular weight excluding hydrogens is 430 g/mol. The third kappa shape index (κ3) is 4.46. The molecule has 3 aliphatic rings. The molecule has 0 aliphatic carbocycles. The number of nitrogens with one attached hydrogen (secondary N) is 1. The number of nitrogens with zero attached hydrogens (tertiary/aromatic N) is 4. The van der Waals surface area contributed by atoms with Gasteiger partial charge in [0.1, 0.15) is 6.04 Å². The van der Waals surface area contributed by atoms with Gasteiger partial charge < -0.3 is 19.9 Å². The first-order chi connectivity index (χ1) is 16.4. The van der Waals surface area contributed by atoms with Crippen LogP contribution in [0, 0.1) is 0 Å². The van der Waals surface area contributed by atoms with E-state index in [2.05, 4.69) is 64.2 Å². The van der Waals surface area contributed by atoms with Gasteiger partial charge in [0.05, 0.1) is 6.10 Å². The van der Waals surface area contributed by atoms with Gasteiger partial charge in [0.15, 0.2) is 0 Å². The second-order valence-electron chi connectivity index (χ2n) is 10.3. The Bertz CT molecular complexity index is 1040. The van der Waals surface area contributed by atoms with Crippen molar-refractivity contribution in [3.05, 3.63) is 36.0 Å². The Labute approximate surface area is 201 Å². The molecule has 5 rings (SSSR count). The number of hydrogen-bond acceptors (Lipinski definition) is 5. The lowest BCUT2D eigenvalue weighted by Crippen LogP contribution is -2.49. The zero-order valence-corrected chi connectivity index (χ0v) is 20.3. The Hall–Kier alpha value is -2.42. The van der Waals surface area contributed by atoms with E-state index in [1.165, 1.54) is 16.5 Å². The number of aryl methyl sites for hydroxylation is 1. The number of carbonyl (C=O) groups excluding carboxylic acids is 2. The number of fused-ring (bicyclic) bond motifs is 2. The maximum Gasteiger partial charge on any atom is 0.239 e. The summed E-state index contributed by atoms with van der Waals surface area (Å²) in [5.74, 6) is 0.268. The lowest BCUT2D eigenvalue weighted by molar-refractivity contribution is -0.133. The fourth-order valence-electron chi connectivity index (χ4n) is 6.16. The first-order valence-electron chi connectivity index (χ1n) is 12.6. The first-order valence-corrected chi connectivity index (χ1v) is 12.6. The van der Waals surface area contributed by atoms with Gasteiger partial charge in [0.2, 0.25) is 11.8 Å². The summed E-state index contributed by atoms with van der Waals surface area (Å²) in [7, 11) is 4.19. The summed E-state index contributed by atoms with van der Waals surface area (Å²) in [6, 6.07) is 8.56. The van der Waals surface area contributed by atoms with Crippen LogP contribution in [-0.2, 0) is 23.2 Å². The highest BCUT2D eigenvalue weighted by molar-refractivity contribution is 5.85. The van der Waals surface area contributed by atoms with Crippen molar-refractivity contribution in [1.29, 1.82) is 0 Å². The number of rotatable bonds is 5. The molecular formula is C26H37N5O3. The molecule has 2 N–H and O–H groups in total. The molecule has 3 unspecified atom stereocenters. The minimum Gasteiger partial charge on any atom is -0.393 e. The number of likely N-dealkylation sites (tertiary alicyclic amines) is 2. The van der Waals surface area contributed by atoms with Crippen LogP contribution >= 0.6 is 0 Å². The molecule has 0 bridgehead atoms. The van der Waals surface area contributed by atoms with Crippen LogP contribution in [0.15, 0.2) is 30.5 Å². The molecule has 8 heteroatoms. The van der Waals surface area contributed by atoms with Crippen molar-refractivity contribution in [2.24, 2.45) is 7.05 Å². The van der Waals surface area contributed by atoms with Crippen molar-refractivity contribution < 1.29 is 14.7 Å². The Balaban J connectivity index is 1.24. The number of likely N-dealkylation sites (N-methyl/N-ethyl adjacent to an activating group) is 1. The van der Waals surface area contributed by atoms with E-state index < -0.39 is 0 Å². The molecule has 0 radical (unpaired) electrons. The van der Waals surface area contributed by atoms with E-state index in [0.29, 0.717) is 38.9 Å². The van der Waals surface area contributed by atoms with E-state index in [-0.39, 0.29) is 36.0 Å². The Morgan fingerprint density at radius 2 is 1.88 bits per heavy atom. The van der Waals surface area contributed by atoms with Crippen LogP contribution in [0.2, 0.25) is 0 Å². The molecule has 3 saturated heterocycles. The van der Waals surface area contributed by atoms with Gasteiger partial charge in [-0.15, -0.1) is 0 Å². The van der Waals surface area contributed by atoms with E-state index in [9.17, 15) is 14.7 Å². The molecule has 184 valence electrons. The lowest BCUT2D eigenvalue weighted by atomic mass is 10.0. The van der Waals surface area contributed by atoms with Gasteiger partial charge in [-0.25, -0.2) is 0 Å². The smallest absolute Gasteiger partial charge is 0.239 e. The Morgan fingerprint density at radius 3 is 2.68 bits per heavy atom. The normalized spacial score (nSPS) is 27.1. The van der Waals surface area contributed by atoms with E-state index in [1.54, 1.807) is 0 Å². The molecule has 34 heavy (non-hydrogen) atoms. The molecule has 2 amide bonds. The predicted molar refractivity (Wildman–Crippen MR) is 131 cm³/mol. The van der Waals surface area contributed by atoms with Crippen LogP contribution in [0.5, 0.6) is 0 Å². The van der Waals surface area contributed by atoms with Crippen LogP contribution in [-0.4, -0.2) is 93.6 Å². The highest BCUT2D eigenvalue weighted by atomic mass is 16.3. The van der Waals surface area contributed by atoms with Gasteiger partial charge in [-0.2, -0.15) is 0 Å². The van der Waals surface area contributed by atoms with Crippen LogP contribution in [0.3, 0.4) is 0 Å². The second kappa shape index (κ2) is 9.68. The molecule has 3 aliphatic heterocycles. The molecule has 2 aromatic rings. The minimum atomic E-state index is -0.275. The average molecular weight is 468 g/mol. The molecule has 3 fully saturated rings. The maximum absolute atomic E-state index is 13.2. The number of amides is 2. The summed E-state index contributed by atoms with van der Waals surface area (Å²) in [6.07, 6.45) is 5.42. The third-order valence-corrected chi connectivity index (χ3v) is 8.21. The monoisotopic (exact) mass is 467 g/mol. The SMILES string of the molecule is CN1C(CCC(=O)N2CCC(O)CC2)CNC(=O)C2C1CCN2Cc1cn(C)c2ccccc12. The van der Waals surface area contributed by atoms with Crippen molar-refractivity contribution in [3.63, 3.8) is 0 Å². The van der Waals surface area contributed by atoms with Crippen molar-refractivity contribution in [2.45, 2.75) is 62.9 Å². The standard InChI is InChI=1S/C26H37N5O3/c1-28-16-18(21-5-3-4-6-22(21)28)17-31-14-11-23-25(31)26(34)27-15-19(29(23)2)7-8-24(33)30-12-9-20(32)10-13-30/h3-6,16,19-20,23,25,32H,7-15,17H2,1-2H3,(H,27,34). The molecule has 0 saturated carbocycles. The fraction of sp³-hybridized carbons (Fsp3) is 0.615. The van der Waals surface area contributed by atoms with Gasteiger partial charge >= 0.3 is 0 Å². The largest absolute Gasteiger partial charge is 0.393 e. The predicted octanol–water partition coefficient (Wildman–Crippen LogP) is 1.31. The first kappa shape index (κ1) is 23.3. The summed E-state index contributed by atoms with van der Waals surface area (Å²) in [5, 5.41) is 14.1. The molecule has 3 atom stereocenters. The van der Waals surface area contributed by atoms with Crippen molar-refractivity contribution in [2.75, 3.05) is 33.2 Å². The van der Waals surface area contributed by atoms with Gasteiger partial charge in [-0.3, -0.25) is 19.4 Å². The third-order valence-electron chi connectivity index (χ3n) is 8.21. The summed E-state index contributed by atoms with van der Waals surface area (Å²) < 4.78 is 2.16. The van der Waals surface area contributed by atoms with Crippen LogP contribution in [0.4, 0.5) is 0 Å². The highest BCUT2D eigenvalue weighted by Crippen LogP contribution is 2.30. The molecule has 4 heterocycles. The van der Waals surface area contributed by atoms with E-state index in [4.69, 9.17) is 0 Å². The van der Waals surface area contributed by atoms with Gasteiger partial charge in [-0.1, -0.05) is 18.2 Å². The topological polar surface area (TPSA) is 81.0 Å². The number of carbonyl (C=O) groups is 2. The molecule has 0 spiro atoms. The fourth-order valence-corrected chi connectivity index (χ4v) is 6.16. The molecule has 8 nitrogen and oxygen atoms in total. The summed E-state index contributed by atoms with van der Waals surface area (Å²) in [5.41, 5.74) is 2.47. The molecule has 1 aromatic heterocycles. The van der Waals surface area contributed by atoms with E-state index in [0.717, 1.165) is 25.9 Å². The zero-order valence-electron chi connectivity index (χ0n) is 20.3. The Kier molecular flexibility index (Phi) is 6.64. The van der Waals surface area contributed by atoms with Crippen LogP contribution in [0.1, 0.15) is 37.7 Å². The number of aromatic nitrogens is 1. The lowest BCUT2D eigenvalue weighted by Gasteiger charge is -2.34. The average Bonchev–Trinajstić information content (AvgIpc) is 3.37. The summed E-state index contributed by atoms with van der Waals surface area (Å²) in [6.45, 7) is 3.51. The maximum atomic E-state index is 13.2. The number of aliphatic hydroxyl groups is 1. The summed E-state index contributed by atoms with van der Waals surface area (Å²) in [4.78, 5) is 32.5. The highest BCUT2D eigenvalue weighted by Gasteiger charge is 2.45. The van der Waals surface area contributed by atoms with Gasteiger partial charge in [0, 0.05) is 75.4 Å². The van der Waals surface area contributed by atoms with Crippen molar-refractivity contribution in [3.8, 4) is 0 Å². The van der Waals surface area contributed by atoms with E-state index >= 15 is 0 Å². The van der Waals surface area contributed by atoms with Gasteiger partial charge in [-0.05, 0) is 44.4 Å². The van der Waals surface area contributed by atoms with E-state index in [1.807, 2.05) is 4.90 Å². The minimum absolute atomic E-state index is 0.105. The van der Waals surface area contributed by atoms with Gasteiger partial charge in [0.25, 0.3) is 0 Å². The number of benzene rings is 1. The number of para-hydroxylation sites is 1. The zero-order chi connectivity index (χ0) is 23.8. The summed E-state index contributed by atoms with van der Waals surface area (Å²) >= 11 is 0. The van der Waals surface area contributed by atoms with Crippen molar-refractivity contribution in [1.82, 2.24) is 24.6 Å². The second-order valence-corrected chi connectivity index (χ2v) is 10.3. The van der Waals surface area contributed by atoms with Crippen LogP contribution < -0.4 is 5.32 Å². The van der Waals surface area contributed by atoms with Crippen molar-refractivity contribution >= 4 is 22.7 Å². The molecule has 1 aromatic carbocycles. The number of hydrogen-bond donors (Lipinski definition) is 2.